The Morgan fingerprint density at radius 1 is 0.974 bits per heavy atom. The molecule has 0 radical (unpaired) electrons. The lowest BCUT2D eigenvalue weighted by atomic mass is 9.47. The van der Waals surface area contributed by atoms with Gasteiger partial charge in [-0.1, -0.05) is 51.8 Å². The molecule has 7 aliphatic carbocycles. The summed E-state index contributed by atoms with van der Waals surface area (Å²) < 4.78 is 1.16. The van der Waals surface area contributed by atoms with Crippen molar-refractivity contribution in [1.82, 2.24) is 0 Å². The summed E-state index contributed by atoms with van der Waals surface area (Å²) in [4.78, 5) is 11.8. The van der Waals surface area contributed by atoms with Crippen LogP contribution in [0.15, 0.2) is 23.3 Å². The van der Waals surface area contributed by atoms with Crippen molar-refractivity contribution in [3.63, 3.8) is 0 Å². The van der Waals surface area contributed by atoms with Crippen LogP contribution in [-0.2, 0) is 4.79 Å². The van der Waals surface area contributed by atoms with Crippen molar-refractivity contribution in [3.05, 3.63) is 23.3 Å². The first kappa shape index (κ1) is 28.4. The van der Waals surface area contributed by atoms with Crippen LogP contribution in [-0.4, -0.2) is 37.6 Å². The standard InChI is InChI=1S/C20H30O2.C15H28N/c1-13(2)14-6-8-16-15(12-14)7-9-17-19(16,3)10-5-11-20(17,4)18(21)22;1-11(16(2,3)4)15-8-12-5-13(9-15)7-14(6-12)10-15/h7,12-13,16-17H,5-6,8-11H2,1-4H3,(H,21,22);11-14H,5-10H2,1-4H3/q;+1/p-1. The van der Waals surface area contributed by atoms with E-state index in [0.717, 1.165) is 54.0 Å². The number of quaternary nitrogens is 1. The number of carboxylic acid groups (broad SMARTS) is 1. The van der Waals surface area contributed by atoms with E-state index in [0.29, 0.717) is 17.3 Å². The lowest BCUT2D eigenvalue weighted by molar-refractivity contribution is -0.903. The summed E-state index contributed by atoms with van der Waals surface area (Å²) in [6.07, 6.45) is 20.3. The minimum absolute atomic E-state index is 0.121. The summed E-state index contributed by atoms with van der Waals surface area (Å²) >= 11 is 0. The van der Waals surface area contributed by atoms with Crippen molar-refractivity contribution in [1.29, 1.82) is 0 Å². The zero-order valence-electron chi connectivity index (χ0n) is 25.9. The zero-order chi connectivity index (χ0) is 27.7. The highest BCUT2D eigenvalue weighted by molar-refractivity contribution is 5.73. The highest BCUT2D eigenvalue weighted by Gasteiger charge is 2.57. The quantitative estimate of drug-likeness (QED) is 0.367. The van der Waals surface area contributed by atoms with E-state index >= 15 is 0 Å². The van der Waals surface area contributed by atoms with E-state index in [4.69, 9.17) is 0 Å². The van der Waals surface area contributed by atoms with Crippen molar-refractivity contribution in [2.45, 2.75) is 118 Å². The Hall–Kier alpha value is -1.09. The van der Waals surface area contributed by atoms with Crippen molar-refractivity contribution in [3.8, 4) is 0 Å². The second kappa shape index (κ2) is 9.78. The van der Waals surface area contributed by atoms with Crippen LogP contribution in [0.2, 0.25) is 0 Å². The third kappa shape index (κ3) is 4.75. The number of carbonyl (C=O) groups excluding carboxylic acids is 1. The van der Waals surface area contributed by atoms with Crippen LogP contribution in [0.1, 0.15) is 112 Å². The van der Waals surface area contributed by atoms with Gasteiger partial charge in [-0.3, -0.25) is 0 Å². The van der Waals surface area contributed by atoms with Crippen molar-refractivity contribution >= 4 is 5.97 Å². The molecule has 0 spiro atoms. The topological polar surface area (TPSA) is 40.1 Å². The van der Waals surface area contributed by atoms with E-state index in [1.54, 1.807) is 44.1 Å². The second-order valence-corrected chi connectivity index (χ2v) is 16.6. The molecule has 0 aliphatic heterocycles. The van der Waals surface area contributed by atoms with Crippen LogP contribution in [0.25, 0.3) is 0 Å². The maximum atomic E-state index is 11.8. The Balaban J connectivity index is 0.000000162. The molecule has 3 heteroatoms. The van der Waals surface area contributed by atoms with E-state index in [2.05, 4.69) is 61.0 Å². The molecule has 0 aromatic carbocycles. The average molecular weight is 524 g/mol. The van der Waals surface area contributed by atoms with Crippen LogP contribution in [0.4, 0.5) is 0 Å². The first-order valence-electron chi connectivity index (χ1n) is 16.1. The number of hydrogen-bond acceptors (Lipinski definition) is 2. The SMILES string of the molecule is CC(C)C1=CC2=CCC3C(C)(C(=O)[O-])CCCC3(C)C2CC1.CC(C12CC3CC(CC(C3)C1)C2)[N+](C)(C)C. The molecule has 7 rings (SSSR count). The van der Waals surface area contributed by atoms with Gasteiger partial charge in [-0.15, -0.1) is 0 Å². The highest BCUT2D eigenvalue weighted by Crippen LogP contribution is 2.63. The Morgan fingerprint density at radius 3 is 2.05 bits per heavy atom. The van der Waals surface area contributed by atoms with Crippen LogP contribution < -0.4 is 5.11 Å². The fourth-order valence-corrected chi connectivity index (χ4v) is 11.1. The second-order valence-electron chi connectivity index (χ2n) is 16.6. The molecule has 38 heavy (non-hydrogen) atoms. The lowest BCUT2D eigenvalue weighted by Crippen LogP contribution is -2.59. The van der Waals surface area contributed by atoms with Gasteiger partial charge in [0.1, 0.15) is 0 Å². The van der Waals surface area contributed by atoms with Gasteiger partial charge in [-0.05, 0) is 124 Å². The number of carboxylic acids is 1. The number of fused-ring (bicyclic) bond motifs is 3. The number of aliphatic carboxylic acids is 1. The molecule has 0 aromatic heterocycles. The maximum Gasteiger partial charge on any atom is 0.0912 e. The molecular weight excluding hydrogens is 466 g/mol. The van der Waals surface area contributed by atoms with Gasteiger partial charge in [0.05, 0.1) is 27.2 Å². The summed E-state index contributed by atoms with van der Waals surface area (Å²) in [6.45, 7) is 11.3. The summed E-state index contributed by atoms with van der Waals surface area (Å²) in [5.74, 6) is 3.83. The number of nitrogens with zero attached hydrogens (tertiary/aromatic N) is 1. The van der Waals surface area contributed by atoms with Gasteiger partial charge in [0.2, 0.25) is 0 Å². The first-order valence-corrected chi connectivity index (χ1v) is 16.1. The van der Waals surface area contributed by atoms with E-state index in [-0.39, 0.29) is 11.3 Å². The number of carbonyl (C=O) groups is 1. The molecule has 214 valence electrons. The molecule has 5 fully saturated rings. The molecule has 0 heterocycles. The van der Waals surface area contributed by atoms with Crippen LogP contribution in [0, 0.1) is 51.8 Å². The Kier molecular flexibility index (Phi) is 7.32. The smallest absolute Gasteiger partial charge is 0.0912 e. The Bertz CT molecular complexity index is 947. The fourth-order valence-electron chi connectivity index (χ4n) is 11.1. The van der Waals surface area contributed by atoms with E-state index < -0.39 is 11.4 Å². The molecular formula is C35H57NO2. The minimum atomic E-state index is -0.838. The molecule has 0 saturated heterocycles. The maximum absolute atomic E-state index is 11.8. The zero-order valence-corrected chi connectivity index (χ0v) is 25.9. The van der Waals surface area contributed by atoms with Gasteiger partial charge in [0.25, 0.3) is 0 Å². The summed E-state index contributed by atoms with van der Waals surface area (Å²) in [7, 11) is 7.18. The predicted molar refractivity (Wildman–Crippen MR) is 155 cm³/mol. The van der Waals surface area contributed by atoms with E-state index in [1.807, 2.05) is 6.92 Å². The summed E-state index contributed by atoms with van der Waals surface area (Å²) in [5, 5.41) is 11.8. The van der Waals surface area contributed by atoms with Gasteiger partial charge < -0.3 is 14.4 Å². The third-order valence-electron chi connectivity index (χ3n) is 13.2. The monoisotopic (exact) mass is 523 g/mol. The van der Waals surface area contributed by atoms with Crippen LogP contribution in [0.5, 0.6) is 0 Å². The van der Waals surface area contributed by atoms with Crippen LogP contribution in [0.3, 0.4) is 0 Å². The molecule has 3 nitrogen and oxygen atoms in total. The van der Waals surface area contributed by atoms with Crippen molar-refractivity contribution in [2.75, 3.05) is 21.1 Å². The molecule has 4 bridgehead atoms. The molecule has 5 unspecified atom stereocenters. The molecule has 0 aromatic rings. The van der Waals surface area contributed by atoms with Gasteiger partial charge in [-0.2, -0.15) is 0 Å². The Morgan fingerprint density at radius 2 is 1.55 bits per heavy atom. The molecule has 0 N–H and O–H groups in total. The molecule has 0 amide bonds. The number of hydrogen-bond donors (Lipinski definition) is 0. The van der Waals surface area contributed by atoms with Crippen molar-refractivity contribution in [2.24, 2.45) is 51.8 Å². The molecule has 5 atom stereocenters. The van der Waals surface area contributed by atoms with Crippen molar-refractivity contribution < 1.29 is 14.4 Å². The normalized spacial score (nSPS) is 44.3. The minimum Gasteiger partial charge on any atom is -0.550 e. The van der Waals surface area contributed by atoms with Gasteiger partial charge in [-0.25, -0.2) is 0 Å². The largest absolute Gasteiger partial charge is 0.550 e. The van der Waals surface area contributed by atoms with Gasteiger partial charge in [0.15, 0.2) is 0 Å². The van der Waals surface area contributed by atoms with E-state index in [1.165, 1.54) is 18.4 Å². The van der Waals surface area contributed by atoms with Gasteiger partial charge >= 0.3 is 0 Å². The summed E-state index contributed by atoms with van der Waals surface area (Å²) in [5.41, 5.74) is 3.22. The lowest BCUT2D eigenvalue weighted by Gasteiger charge is -2.60. The highest BCUT2D eigenvalue weighted by atomic mass is 16.4. The fraction of sp³-hybridized carbons (Fsp3) is 0.857. The Labute approximate surface area is 234 Å². The summed E-state index contributed by atoms with van der Waals surface area (Å²) in [6, 6.07) is 0.848. The number of rotatable bonds is 4. The third-order valence-corrected chi connectivity index (χ3v) is 13.2. The van der Waals surface area contributed by atoms with E-state index in [9.17, 15) is 9.90 Å². The molecule has 7 aliphatic rings. The molecule has 5 saturated carbocycles. The average Bonchev–Trinajstić information content (AvgIpc) is 2.82. The van der Waals surface area contributed by atoms with Crippen LogP contribution >= 0.6 is 0 Å². The number of allylic oxidation sites excluding steroid dienone is 4. The first-order chi connectivity index (χ1) is 17.7. The van der Waals surface area contributed by atoms with Gasteiger partial charge in [0, 0.05) is 16.8 Å². The predicted octanol–water partition coefficient (Wildman–Crippen LogP) is 7.17.